The van der Waals surface area contributed by atoms with E-state index in [1.54, 1.807) is 31.2 Å². The molecule has 116 valence electrons. The van der Waals surface area contributed by atoms with Gasteiger partial charge in [-0.05, 0) is 45.0 Å². The Bertz CT molecular complexity index is 704. The quantitative estimate of drug-likeness (QED) is 0.878. The van der Waals surface area contributed by atoms with Gasteiger partial charge in [0.2, 0.25) is 5.95 Å². The molecule has 7 heteroatoms. The molecule has 1 aromatic carbocycles. The summed E-state index contributed by atoms with van der Waals surface area (Å²) in [5.74, 6) is 0.0591. The van der Waals surface area contributed by atoms with Crippen LogP contribution >= 0.6 is 23.2 Å². The fraction of sp³-hybridized carbons (Fsp3) is 0.267. The Labute approximate surface area is 139 Å². The second-order valence-electron chi connectivity index (χ2n) is 5.10. The average molecular weight is 339 g/mol. The number of hydrogen-bond acceptors (Lipinski definition) is 4. The molecule has 0 saturated heterocycles. The molecule has 0 aliphatic rings. The molecule has 0 bridgehead atoms. The highest BCUT2D eigenvalue weighted by atomic mass is 35.5. The smallest absolute Gasteiger partial charge is 0.274 e. The standard InChI is InChI=1S/C15H16Cl2N4O/c1-8(2)18-15-19-9(3)6-13(21-15)14(22)20-12-5-4-10(16)7-11(12)17/h4-8H,1-3H3,(H,20,22)(H,18,19,21). The summed E-state index contributed by atoms with van der Waals surface area (Å²) in [7, 11) is 0. The van der Waals surface area contributed by atoms with Crippen LogP contribution < -0.4 is 10.6 Å². The molecule has 22 heavy (non-hydrogen) atoms. The van der Waals surface area contributed by atoms with Crippen molar-refractivity contribution in [2.75, 3.05) is 10.6 Å². The number of benzene rings is 1. The fourth-order valence-electron chi connectivity index (χ4n) is 1.78. The molecular weight excluding hydrogens is 323 g/mol. The van der Waals surface area contributed by atoms with E-state index in [9.17, 15) is 4.79 Å². The fourth-order valence-corrected chi connectivity index (χ4v) is 2.24. The number of halogens is 2. The Morgan fingerprint density at radius 1 is 1.18 bits per heavy atom. The number of carbonyl (C=O) groups excluding carboxylic acids is 1. The summed E-state index contributed by atoms with van der Waals surface area (Å²) in [5.41, 5.74) is 1.44. The molecule has 0 spiro atoms. The van der Waals surface area contributed by atoms with E-state index in [4.69, 9.17) is 23.2 Å². The molecule has 2 N–H and O–H groups in total. The average Bonchev–Trinajstić information content (AvgIpc) is 2.40. The van der Waals surface area contributed by atoms with Crippen LogP contribution in [0.2, 0.25) is 10.0 Å². The number of rotatable bonds is 4. The van der Waals surface area contributed by atoms with Crippen LogP contribution in [0.25, 0.3) is 0 Å². The van der Waals surface area contributed by atoms with Crippen molar-refractivity contribution in [3.8, 4) is 0 Å². The summed E-state index contributed by atoms with van der Waals surface area (Å²) >= 11 is 11.9. The molecule has 2 rings (SSSR count). The topological polar surface area (TPSA) is 66.9 Å². The number of aryl methyl sites for hydroxylation is 1. The molecule has 2 aromatic rings. The van der Waals surface area contributed by atoms with Crippen LogP contribution in [0, 0.1) is 6.92 Å². The zero-order chi connectivity index (χ0) is 16.3. The lowest BCUT2D eigenvalue weighted by molar-refractivity contribution is 0.102. The van der Waals surface area contributed by atoms with Crippen LogP contribution in [0.15, 0.2) is 24.3 Å². The van der Waals surface area contributed by atoms with Crippen LogP contribution in [0.3, 0.4) is 0 Å². The van der Waals surface area contributed by atoms with Gasteiger partial charge >= 0.3 is 0 Å². The van der Waals surface area contributed by atoms with Crippen LogP contribution in [0.5, 0.6) is 0 Å². The predicted octanol–water partition coefficient (Wildman–Crippen LogP) is 4.16. The minimum absolute atomic E-state index is 0.170. The normalized spacial score (nSPS) is 10.6. The third kappa shape index (κ3) is 4.32. The molecule has 5 nitrogen and oxygen atoms in total. The number of hydrogen-bond donors (Lipinski definition) is 2. The predicted molar refractivity (Wildman–Crippen MR) is 89.9 cm³/mol. The van der Waals surface area contributed by atoms with Crippen molar-refractivity contribution in [1.29, 1.82) is 0 Å². The van der Waals surface area contributed by atoms with Gasteiger partial charge in [-0.25, -0.2) is 9.97 Å². The number of amides is 1. The van der Waals surface area contributed by atoms with Gasteiger partial charge in [0, 0.05) is 16.8 Å². The molecule has 1 aromatic heterocycles. The van der Waals surface area contributed by atoms with Crippen LogP contribution in [0.4, 0.5) is 11.6 Å². The molecule has 0 radical (unpaired) electrons. The third-order valence-electron chi connectivity index (χ3n) is 2.68. The first-order chi connectivity index (χ1) is 10.3. The number of anilines is 2. The van der Waals surface area contributed by atoms with Gasteiger partial charge in [-0.2, -0.15) is 0 Å². The summed E-state index contributed by atoms with van der Waals surface area (Å²) in [6, 6.07) is 6.65. The number of aromatic nitrogens is 2. The van der Waals surface area contributed by atoms with Crippen LogP contribution in [-0.2, 0) is 0 Å². The second-order valence-corrected chi connectivity index (χ2v) is 5.94. The van der Waals surface area contributed by atoms with Crippen molar-refractivity contribution < 1.29 is 4.79 Å². The van der Waals surface area contributed by atoms with Gasteiger partial charge in [-0.1, -0.05) is 23.2 Å². The van der Waals surface area contributed by atoms with Crippen LogP contribution in [-0.4, -0.2) is 21.9 Å². The van der Waals surface area contributed by atoms with E-state index in [1.165, 1.54) is 0 Å². The SMILES string of the molecule is Cc1cc(C(=O)Nc2ccc(Cl)cc2Cl)nc(NC(C)C)n1. The zero-order valence-corrected chi connectivity index (χ0v) is 14.0. The highest BCUT2D eigenvalue weighted by molar-refractivity contribution is 6.36. The molecule has 0 atom stereocenters. The highest BCUT2D eigenvalue weighted by Gasteiger charge is 2.13. The van der Waals surface area contributed by atoms with Gasteiger partial charge in [-0.3, -0.25) is 4.79 Å². The first kappa shape index (κ1) is 16.5. The number of nitrogens with one attached hydrogen (secondary N) is 2. The van der Waals surface area contributed by atoms with E-state index in [2.05, 4.69) is 20.6 Å². The van der Waals surface area contributed by atoms with Crippen LogP contribution in [0.1, 0.15) is 30.0 Å². The molecule has 1 heterocycles. The van der Waals surface area contributed by atoms with E-state index in [0.717, 1.165) is 0 Å². The van der Waals surface area contributed by atoms with Gasteiger partial charge in [-0.15, -0.1) is 0 Å². The minimum Gasteiger partial charge on any atom is -0.352 e. The Morgan fingerprint density at radius 2 is 1.91 bits per heavy atom. The molecule has 1 amide bonds. The molecule has 0 aliphatic heterocycles. The van der Waals surface area contributed by atoms with Crippen molar-refractivity contribution in [2.45, 2.75) is 26.8 Å². The Hall–Kier alpha value is -1.85. The molecular formula is C15H16Cl2N4O. The Morgan fingerprint density at radius 3 is 2.55 bits per heavy atom. The highest BCUT2D eigenvalue weighted by Crippen LogP contribution is 2.25. The van der Waals surface area contributed by atoms with Crippen molar-refractivity contribution >= 4 is 40.7 Å². The first-order valence-corrected chi connectivity index (χ1v) is 7.49. The summed E-state index contributed by atoms with van der Waals surface area (Å²) in [6.07, 6.45) is 0. The first-order valence-electron chi connectivity index (χ1n) is 6.74. The van der Waals surface area contributed by atoms with Crippen molar-refractivity contribution in [3.05, 3.63) is 45.7 Å². The number of carbonyl (C=O) groups is 1. The minimum atomic E-state index is -0.360. The largest absolute Gasteiger partial charge is 0.352 e. The lowest BCUT2D eigenvalue weighted by Gasteiger charge is -2.11. The van der Waals surface area contributed by atoms with Gasteiger partial charge in [0.15, 0.2) is 0 Å². The van der Waals surface area contributed by atoms with Crippen molar-refractivity contribution in [3.63, 3.8) is 0 Å². The van der Waals surface area contributed by atoms with E-state index in [1.807, 2.05) is 13.8 Å². The maximum Gasteiger partial charge on any atom is 0.274 e. The lowest BCUT2D eigenvalue weighted by atomic mass is 10.3. The maximum atomic E-state index is 12.3. The summed E-state index contributed by atoms with van der Waals surface area (Å²) in [6.45, 7) is 5.75. The van der Waals surface area contributed by atoms with E-state index in [0.29, 0.717) is 27.4 Å². The molecule has 0 saturated carbocycles. The van der Waals surface area contributed by atoms with Gasteiger partial charge in [0.25, 0.3) is 5.91 Å². The van der Waals surface area contributed by atoms with E-state index >= 15 is 0 Å². The van der Waals surface area contributed by atoms with E-state index < -0.39 is 0 Å². The summed E-state index contributed by atoms with van der Waals surface area (Å²) in [4.78, 5) is 20.8. The van der Waals surface area contributed by atoms with Crippen molar-refractivity contribution in [2.24, 2.45) is 0 Å². The molecule has 0 unspecified atom stereocenters. The zero-order valence-electron chi connectivity index (χ0n) is 12.4. The monoisotopic (exact) mass is 338 g/mol. The Balaban J connectivity index is 2.23. The van der Waals surface area contributed by atoms with Crippen molar-refractivity contribution in [1.82, 2.24) is 9.97 Å². The summed E-state index contributed by atoms with van der Waals surface area (Å²) in [5, 5.41) is 6.66. The van der Waals surface area contributed by atoms with Gasteiger partial charge in [0.05, 0.1) is 10.7 Å². The summed E-state index contributed by atoms with van der Waals surface area (Å²) < 4.78 is 0. The Kier molecular flexibility index (Phi) is 5.21. The molecule has 0 fully saturated rings. The van der Waals surface area contributed by atoms with Gasteiger partial charge < -0.3 is 10.6 Å². The van der Waals surface area contributed by atoms with Gasteiger partial charge in [0.1, 0.15) is 5.69 Å². The lowest BCUT2D eigenvalue weighted by Crippen LogP contribution is -2.18. The second kappa shape index (κ2) is 6.94. The van der Waals surface area contributed by atoms with E-state index in [-0.39, 0.29) is 17.6 Å². The number of nitrogens with zero attached hydrogens (tertiary/aromatic N) is 2. The molecule has 0 aliphatic carbocycles. The maximum absolute atomic E-state index is 12.3. The third-order valence-corrected chi connectivity index (χ3v) is 3.23.